The van der Waals surface area contributed by atoms with Gasteiger partial charge in [0.15, 0.2) is 8.07 Å². The van der Waals surface area contributed by atoms with Gasteiger partial charge in [-0.15, -0.1) is 0 Å². The summed E-state index contributed by atoms with van der Waals surface area (Å²) in [7, 11) is -3.04. The Hall–Kier alpha value is -10.2. The molecule has 0 aliphatic carbocycles. The summed E-state index contributed by atoms with van der Waals surface area (Å²) in [5.74, 6) is 2.70. The molecule has 0 amide bonds. The third-order valence-electron chi connectivity index (χ3n) is 15.5. The molecule has 0 N–H and O–H groups in total. The van der Waals surface area contributed by atoms with Crippen LogP contribution in [0.3, 0.4) is 0 Å². The highest BCUT2D eigenvalue weighted by Crippen LogP contribution is 2.35. The Bertz CT molecular complexity index is 4690. The van der Waals surface area contributed by atoms with Crippen molar-refractivity contribution in [2.24, 2.45) is 0 Å². The highest BCUT2D eigenvalue weighted by molar-refractivity contribution is 7.19. The fraction of sp³-hybridized carbons (Fsp3) is 0. The monoisotopic (exact) mass is 989 g/mol. The third kappa shape index (κ3) is 6.07. The van der Waals surface area contributed by atoms with Crippen molar-refractivity contribution < 1.29 is 0 Å². The summed E-state index contributed by atoms with van der Waals surface area (Å²) in [5.41, 5.74) is 13.1. The van der Waals surface area contributed by atoms with Crippen molar-refractivity contribution in [3.8, 4) is 28.7 Å². The largest absolute Gasteiger partial charge is 0.309 e. The molecule has 0 fully saturated rings. The minimum atomic E-state index is -3.04. The van der Waals surface area contributed by atoms with E-state index in [9.17, 15) is 0 Å². The molecule has 9 nitrogen and oxygen atoms in total. The van der Waals surface area contributed by atoms with Crippen LogP contribution in [0, 0.1) is 0 Å². The average molecular weight is 990 g/mol. The average Bonchev–Trinajstić information content (AvgIpc) is 4.36. The predicted molar refractivity (Wildman–Crippen MR) is 312 cm³/mol. The fourth-order valence-corrected chi connectivity index (χ4v) is 17.0. The van der Waals surface area contributed by atoms with Gasteiger partial charge in [-0.05, 0) is 93.5 Å². The molecule has 0 aliphatic rings. The van der Waals surface area contributed by atoms with E-state index in [1.807, 2.05) is 12.1 Å². The molecule has 0 saturated carbocycles. The van der Waals surface area contributed by atoms with Gasteiger partial charge >= 0.3 is 0 Å². The van der Waals surface area contributed by atoms with Crippen LogP contribution in [0.5, 0.6) is 0 Å². The first-order valence-corrected chi connectivity index (χ1v) is 27.6. The van der Waals surface area contributed by atoms with Crippen molar-refractivity contribution in [2.75, 3.05) is 0 Å². The van der Waals surface area contributed by atoms with Crippen molar-refractivity contribution in [2.45, 2.75) is 0 Å². The molecule has 10 aromatic carbocycles. The Balaban J connectivity index is 0.941. The first kappa shape index (κ1) is 42.4. The standard InChI is InChI=1S/C66H43N9Si/c1-3-21-46(22-4-1)76(47-23-5-2-6-24-47,49-25-19-20-45(42-49)71-55-30-11-7-26-50(55)51-27-8-12-31-56(51)71)48-40-38-44(39-41-48)54-43-63(74-61-36-17-15-34-59(61)72-57-32-13-9-28-52(57)68-65(72)74)70-64(67-54)75-62-37-18-16-35-60(62)73-58-33-14-10-29-53(58)69-66(73)75/h1-43H. The molecule has 6 aromatic heterocycles. The van der Waals surface area contributed by atoms with Gasteiger partial charge in [0.2, 0.25) is 17.5 Å². The van der Waals surface area contributed by atoms with Gasteiger partial charge < -0.3 is 4.57 Å². The first-order valence-electron chi connectivity index (χ1n) is 25.6. The fourth-order valence-electron chi connectivity index (χ4n) is 12.3. The number of benzene rings is 10. The molecule has 0 atom stereocenters. The molecule has 0 radical (unpaired) electrons. The van der Waals surface area contributed by atoms with E-state index in [0.717, 1.165) is 72.6 Å². The highest BCUT2D eigenvalue weighted by Gasteiger charge is 2.42. The molecule has 16 rings (SSSR count). The molecule has 0 aliphatic heterocycles. The van der Waals surface area contributed by atoms with Crippen molar-refractivity contribution in [3.05, 3.63) is 261 Å². The second-order valence-corrected chi connectivity index (χ2v) is 23.3. The number of hydrogen-bond donors (Lipinski definition) is 0. The molecule has 0 saturated heterocycles. The molecule has 10 heteroatoms. The number of para-hydroxylation sites is 10. The Morgan fingerprint density at radius 3 is 1.32 bits per heavy atom. The Morgan fingerprint density at radius 2 is 0.737 bits per heavy atom. The van der Waals surface area contributed by atoms with Crippen LogP contribution in [0.2, 0.25) is 0 Å². The second-order valence-electron chi connectivity index (χ2n) is 19.5. The minimum absolute atomic E-state index is 0.504. The van der Waals surface area contributed by atoms with E-state index in [2.05, 4.69) is 271 Å². The molecule has 76 heavy (non-hydrogen) atoms. The van der Waals surface area contributed by atoms with Crippen LogP contribution in [-0.4, -0.2) is 50.5 Å². The van der Waals surface area contributed by atoms with Crippen LogP contribution >= 0.6 is 0 Å². The lowest BCUT2D eigenvalue weighted by molar-refractivity contribution is 0.930. The topological polar surface area (TPSA) is 75.2 Å². The van der Waals surface area contributed by atoms with Gasteiger partial charge in [0.1, 0.15) is 5.82 Å². The Labute approximate surface area is 436 Å². The molecular weight excluding hydrogens is 947 g/mol. The van der Waals surface area contributed by atoms with Crippen LogP contribution in [0.25, 0.3) is 106 Å². The molecule has 6 heterocycles. The number of rotatable bonds is 8. The lowest BCUT2D eigenvalue weighted by Gasteiger charge is -2.35. The molecule has 0 spiro atoms. The number of imidazole rings is 4. The summed E-state index contributed by atoms with van der Waals surface area (Å²) in [6, 6.07) is 93.9. The van der Waals surface area contributed by atoms with Gasteiger partial charge in [-0.3, -0.25) is 13.4 Å². The summed E-state index contributed by atoms with van der Waals surface area (Å²) in [4.78, 5) is 21.6. The molecule has 16 aromatic rings. The maximum Gasteiger partial charge on any atom is 0.239 e. The summed E-state index contributed by atoms with van der Waals surface area (Å²) < 4.78 is 11.2. The lowest BCUT2D eigenvalue weighted by atomic mass is 10.1. The van der Waals surface area contributed by atoms with Gasteiger partial charge in [0, 0.05) is 28.1 Å². The minimum Gasteiger partial charge on any atom is -0.309 e. The van der Waals surface area contributed by atoms with Crippen molar-refractivity contribution in [1.29, 1.82) is 0 Å². The van der Waals surface area contributed by atoms with Gasteiger partial charge in [-0.25, -0.2) is 19.5 Å². The maximum absolute atomic E-state index is 5.55. The highest BCUT2D eigenvalue weighted by atomic mass is 28.3. The zero-order valence-corrected chi connectivity index (χ0v) is 41.9. The Kier molecular flexibility index (Phi) is 9.15. The Morgan fingerprint density at radius 1 is 0.289 bits per heavy atom. The van der Waals surface area contributed by atoms with E-state index in [0.29, 0.717) is 11.8 Å². The number of hydrogen-bond acceptors (Lipinski definition) is 4. The SMILES string of the molecule is c1ccc([Si](c2ccccc2)(c2ccc(-c3cc(-n4c5ccccc5n5c6ccccc6nc45)nc(-n4c5ccccc5n5c6ccccc6nc45)n3)cc2)c2cccc(-n3c4ccccc4c4ccccc43)c2)cc1. The van der Waals surface area contributed by atoms with Crippen molar-refractivity contribution >= 4 is 106 Å². The van der Waals surface area contributed by atoms with Gasteiger partial charge in [-0.1, -0.05) is 182 Å². The zero-order valence-electron chi connectivity index (χ0n) is 40.9. The van der Waals surface area contributed by atoms with E-state index in [-0.39, 0.29) is 0 Å². The summed E-state index contributed by atoms with van der Waals surface area (Å²) in [5, 5.41) is 7.62. The van der Waals surface area contributed by atoms with Crippen LogP contribution in [0.4, 0.5) is 0 Å². The quantitative estimate of drug-likeness (QED) is 0.112. The molecular formula is C66H43N9Si. The summed E-state index contributed by atoms with van der Waals surface area (Å²) in [6.45, 7) is 0. The zero-order chi connectivity index (χ0) is 49.9. The predicted octanol–water partition coefficient (Wildman–Crippen LogP) is 12.1. The van der Waals surface area contributed by atoms with Crippen LogP contribution in [-0.2, 0) is 0 Å². The van der Waals surface area contributed by atoms with Gasteiger partial charge in [-0.2, -0.15) is 4.98 Å². The number of aromatic nitrogens is 9. The van der Waals surface area contributed by atoms with Crippen molar-refractivity contribution in [1.82, 2.24) is 42.4 Å². The lowest BCUT2D eigenvalue weighted by Crippen LogP contribution is -2.74. The van der Waals surface area contributed by atoms with E-state index in [1.165, 1.54) is 42.6 Å². The normalized spacial score (nSPS) is 12.2. The van der Waals surface area contributed by atoms with Gasteiger partial charge in [0.25, 0.3) is 0 Å². The molecule has 356 valence electrons. The van der Waals surface area contributed by atoms with E-state index < -0.39 is 8.07 Å². The summed E-state index contributed by atoms with van der Waals surface area (Å²) >= 11 is 0. The molecule has 0 bridgehead atoms. The third-order valence-corrected chi connectivity index (χ3v) is 20.3. The maximum atomic E-state index is 5.55. The van der Waals surface area contributed by atoms with E-state index in [1.54, 1.807) is 0 Å². The number of nitrogens with zero attached hydrogens (tertiary/aromatic N) is 9. The first-order chi connectivity index (χ1) is 37.7. The van der Waals surface area contributed by atoms with E-state index >= 15 is 0 Å². The van der Waals surface area contributed by atoms with Crippen LogP contribution in [0.1, 0.15) is 0 Å². The summed E-state index contributed by atoms with van der Waals surface area (Å²) in [6.07, 6.45) is 0. The second kappa shape index (κ2) is 16.4. The number of fused-ring (bicyclic) bond motifs is 13. The van der Waals surface area contributed by atoms with Gasteiger partial charge in [0.05, 0.1) is 60.9 Å². The smallest absolute Gasteiger partial charge is 0.239 e. The van der Waals surface area contributed by atoms with Crippen molar-refractivity contribution in [3.63, 3.8) is 0 Å². The van der Waals surface area contributed by atoms with Crippen LogP contribution < -0.4 is 20.7 Å². The van der Waals surface area contributed by atoms with Crippen LogP contribution in [0.15, 0.2) is 261 Å². The van der Waals surface area contributed by atoms with E-state index in [4.69, 9.17) is 19.9 Å². The molecule has 0 unspecified atom stereocenters.